The highest BCUT2D eigenvalue weighted by molar-refractivity contribution is 5.94. The molecule has 4 nitrogen and oxygen atoms in total. The molecule has 0 heterocycles. The van der Waals surface area contributed by atoms with Gasteiger partial charge in [0.2, 0.25) is 0 Å². The molecular weight excluding hydrogens is 259 g/mol. The number of halogens is 1. The normalized spacial score (nSPS) is 10.2. The van der Waals surface area contributed by atoms with Crippen LogP contribution in [0.4, 0.5) is 15.8 Å². The molecule has 0 aliphatic rings. The van der Waals surface area contributed by atoms with Gasteiger partial charge in [-0.05, 0) is 36.2 Å². The number of aromatic carboxylic acids is 1. The van der Waals surface area contributed by atoms with Crippen LogP contribution >= 0.6 is 0 Å². The van der Waals surface area contributed by atoms with Crippen LogP contribution in [0.1, 0.15) is 15.9 Å². The number of hydrogen-bond acceptors (Lipinski definition) is 3. The minimum Gasteiger partial charge on any atom is -0.478 e. The Morgan fingerprint density at radius 3 is 2.70 bits per heavy atom. The van der Waals surface area contributed by atoms with Crippen LogP contribution in [0.2, 0.25) is 0 Å². The minimum atomic E-state index is -1.07. The maximum atomic E-state index is 13.4. The van der Waals surface area contributed by atoms with Crippen molar-refractivity contribution in [3.8, 4) is 0 Å². The zero-order valence-corrected chi connectivity index (χ0v) is 10.8. The summed E-state index contributed by atoms with van der Waals surface area (Å²) in [6.07, 6.45) is 0.513. The number of carboxylic acid groups (broad SMARTS) is 1. The predicted octanol–water partition coefficient (Wildman–Crippen LogP) is 2.76. The molecule has 0 radical (unpaired) electrons. The van der Waals surface area contributed by atoms with Gasteiger partial charge in [-0.1, -0.05) is 18.2 Å². The molecule has 2 aromatic rings. The molecule has 5 heteroatoms. The first-order valence-electron chi connectivity index (χ1n) is 6.18. The maximum absolute atomic E-state index is 13.4. The van der Waals surface area contributed by atoms with Crippen LogP contribution in [0.25, 0.3) is 0 Å². The quantitative estimate of drug-likeness (QED) is 0.733. The number of nitrogens with one attached hydrogen (secondary N) is 1. The molecule has 0 fully saturated rings. The monoisotopic (exact) mass is 274 g/mol. The number of anilines is 2. The lowest BCUT2D eigenvalue weighted by molar-refractivity contribution is 0.0698. The molecule has 0 amide bonds. The third kappa shape index (κ3) is 3.26. The Morgan fingerprint density at radius 2 is 2.00 bits per heavy atom. The zero-order chi connectivity index (χ0) is 14.5. The Kier molecular flexibility index (Phi) is 4.20. The van der Waals surface area contributed by atoms with Crippen LogP contribution in [0.15, 0.2) is 42.5 Å². The van der Waals surface area contributed by atoms with E-state index in [4.69, 9.17) is 10.8 Å². The Hall–Kier alpha value is -2.56. The van der Waals surface area contributed by atoms with Gasteiger partial charge in [0.1, 0.15) is 5.82 Å². The van der Waals surface area contributed by atoms with Crippen molar-refractivity contribution in [1.82, 2.24) is 0 Å². The first kappa shape index (κ1) is 13.9. The number of nitrogens with two attached hydrogens (primary N) is 1. The molecule has 2 aromatic carbocycles. The van der Waals surface area contributed by atoms with E-state index in [1.54, 1.807) is 24.3 Å². The highest BCUT2D eigenvalue weighted by atomic mass is 19.1. The topological polar surface area (TPSA) is 75.3 Å². The van der Waals surface area contributed by atoms with E-state index in [9.17, 15) is 9.18 Å². The molecule has 0 atom stereocenters. The van der Waals surface area contributed by atoms with E-state index in [-0.39, 0.29) is 17.1 Å². The van der Waals surface area contributed by atoms with Crippen LogP contribution in [0.5, 0.6) is 0 Å². The van der Waals surface area contributed by atoms with Gasteiger partial charge in [-0.25, -0.2) is 9.18 Å². The number of rotatable bonds is 5. The standard InChI is InChI=1S/C15H15FN2O2/c16-13-4-2-1-3-10(13)7-8-18-11-5-6-14(17)12(9-11)15(19)20/h1-6,9,18H,7-8,17H2,(H,19,20). The lowest BCUT2D eigenvalue weighted by atomic mass is 10.1. The van der Waals surface area contributed by atoms with Gasteiger partial charge >= 0.3 is 5.97 Å². The fourth-order valence-electron chi connectivity index (χ4n) is 1.89. The average molecular weight is 274 g/mol. The summed E-state index contributed by atoms with van der Waals surface area (Å²) in [7, 11) is 0. The minimum absolute atomic E-state index is 0.0564. The van der Waals surface area contributed by atoms with Crippen LogP contribution in [0, 0.1) is 5.82 Å². The molecule has 0 aliphatic heterocycles. The third-order valence-corrected chi connectivity index (χ3v) is 2.97. The molecule has 2 rings (SSSR count). The van der Waals surface area contributed by atoms with E-state index in [2.05, 4.69) is 5.32 Å². The van der Waals surface area contributed by atoms with Gasteiger partial charge in [0.05, 0.1) is 5.56 Å². The molecule has 0 saturated carbocycles. The van der Waals surface area contributed by atoms with Crippen molar-refractivity contribution < 1.29 is 14.3 Å². The summed E-state index contributed by atoms with van der Waals surface area (Å²) in [6.45, 7) is 0.504. The van der Waals surface area contributed by atoms with E-state index in [0.717, 1.165) is 0 Å². The second-order valence-electron chi connectivity index (χ2n) is 4.38. The van der Waals surface area contributed by atoms with Crippen LogP contribution < -0.4 is 11.1 Å². The summed E-state index contributed by atoms with van der Waals surface area (Å²) >= 11 is 0. The van der Waals surface area contributed by atoms with Gasteiger partial charge in [-0.3, -0.25) is 0 Å². The van der Waals surface area contributed by atoms with Gasteiger partial charge < -0.3 is 16.2 Å². The number of hydrogen-bond donors (Lipinski definition) is 3. The predicted molar refractivity (Wildman–Crippen MR) is 76.4 cm³/mol. The Morgan fingerprint density at radius 1 is 1.25 bits per heavy atom. The van der Waals surface area contributed by atoms with Crippen LogP contribution in [-0.2, 0) is 6.42 Å². The fourth-order valence-corrected chi connectivity index (χ4v) is 1.89. The Bertz CT molecular complexity index is 629. The largest absolute Gasteiger partial charge is 0.478 e. The molecule has 0 bridgehead atoms. The number of carbonyl (C=O) groups is 1. The van der Waals surface area contributed by atoms with E-state index < -0.39 is 5.97 Å². The highest BCUT2D eigenvalue weighted by Crippen LogP contribution is 2.18. The van der Waals surface area contributed by atoms with Crippen molar-refractivity contribution in [2.75, 3.05) is 17.6 Å². The van der Waals surface area contributed by atoms with Crippen molar-refractivity contribution in [2.45, 2.75) is 6.42 Å². The molecule has 0 spiro atoms. The lowest BCUT2D eigenvalue weighted by Crippen LogP contribution is -2.08. The molecule has 0 aromatic heterocycles. The SMILES string of the molecule is Nc1ccc(NCCc2ccccc2F)cc1C(=O)O. The zero-order valence-electron chi connectivity index (χ0n) is 10.8. The Labute approximate surface area is 116 Å². The van der Waals surface area contributed by atoms with Crippen LogP contribution in [-0.4, -0.2) is 17.6 Å². The summed E-state index contributed by atoms with van der Waals surface area (Å²) in [5, 5.41) is 12.0. The van der Waals surface area contributed by atoms with E-state index >= 15 is 0 Å². The van der Waals surface area contributed by atoms with E-state index in [1.165, 1.54) is 18.2 Å². The third-order valence-electron chi connectivity index (χ3n) is 2.97. The summed E-state index contributed by atoms with van der Waals surface area (Å²) in [5.74, 6) is -1.31. The highest BCUT2D eigenvalue weighted by Gasteiger charge is 2.08. The maximum Gasteiger partial charge on any atom is 0.337 e. The summed E-state index contributed by atoms with van der Waals surface area (Å²) in [5.41, 5.74) is 7.11. The summed E-state index contributed by atoms with van der Waals surface area (Å²) < 4.78 is 13.4. The molecular formula is C15H15FN2O2. The van der Waals surface area contributed by atoms with Crippen molar-refractivity contribution in [3.63, 3.8) is 0 Å². The smallest absolute Gasteiger partial charge is 0.337 e. The van der Waals surface area contributed by atoms with Gasteiger partial charge in [0.25, 0.3) is 0 Å². The molecule has 4 N–H and O–H groups in total. The van der Waals surface area contributed by atoms with Gasteiger partial charge in [-0.15, -0.1) is 0 Å². The van der Waals surface area contributed by atoms with Gasteiger partial charge in [-0.2, -0.15) is 0 Å². The lowest BCUT2D eigenvalue weighted by Gasteiger charge is -2.09. The molecule has 0 saturated heterocycles. The van der Waals surface area contributed by atoms with Crippen molar-refractivity contribution >= 4 is 17.3 Å². The second kappa shape index (κ2) is 6.06. The molecule has 20 heavy (non-hydrogen) atoms. The fraction of sp³-hybridized carbons (Fsp3) is 0.133. The van der Waals surface area contributed by atoms with Crippen molar-refractivity contribution in [1.29, 1.82) is 0 Å². The molecule has 104 valence electrons. The first-order chi connectivity index (χ1) is 9.58. The molecule has 0 aliphatic carbocycles. The van der Waals surface area contributed by atoms with Gasteiger partial charge in [0.15, 0.2) is 0 Å². The summed E-state index contributed by atoms with van der Waals surface area (Å²) in [4.78, 5) is 11.0. The number of carboxylic acids is 1. The first-order valence-corrected chi connectivity index (χ1v) is 6.18. The van der Waals surface area contributed by atoms with Crippen LogP contribution in [0.3, 0.4) is 0 Å². The Balaban J connectivity index is 2.00. The van der Waals surface area contributed by atoms with E-state index in [1.807, 2.05) is 0 Å². The molecule has 0 unspecified atom stereocenters. The number of nitrogen functional groups attached to an aromatic ring is 1. The van der Waals surface area contributed by atoms with E-state index in [0.29, 0.717) is 24.2 Å². The summed E-state index contributed by atoms with van der Waals surface area (Å²) in [6, 6.07) is 11.3. The van der Waals surface area contributed by atoms with Crippen molar-refractivity contribution in [2.24, 2.45) is 0 Å². The van der Waals surface area contributed by atoms with Gasteiger partial charge in [0, 0.05) is 17.9 Å². The second-order valence-corrected chi connectivity index (χ2v) is 4.38. The van der Waals surface area contributed by atoms with Crippen molar-refractivity contribution in [3.05, 3.63) is 59.4 Å². The number of benzene rings is 2. The average Bonchev–Trinajstić information content (AvgIpc) is 2.42.